The topological polar surface area (TPSA) is 127 Å². The van der Waals surface area contributed by atoms with Gasteiger partial charge in [0.1, 0.15) is 19.3 Å². The van der Waals surface area contributed by atoms with Crippen LogP contribution in [0.4, 0.5) is 4.79 Å². The van der Waals surface area contributed by atoms with Crippen molar-refractivity contribution in [3.63, 3.8) is 0 Å². The van der Waals surface area contributed by atoms with Crippen molar-refractivity contribution < 1.29 is 23.8 Å². The Morgan fingerprint density at radius 3 is 2.40 bits per heavy atom. The number of hydrogen-bond acceptors (Lipinski definition) is 7. The number of aromatic nitrogens is 2. The SMILES string of the molecule is COc1cc(/C=N\NC(=O)[C@@H](Cc2cnc[nH]2)NC(=O)OCc2ccccc2)cc(Br)c1OCc1ccccc1. The molecule has 0 aliphatic carbocycles. The molecule has 4 aromatic rings. The van der Waals surface area contributed by atoms with Crippen LogP contribution in [-0.2, 0) is 29.2 Å². The molecule has 4 rings (SSSR count). The maximum Gasteiger partial charge on any atom is 0.408 e. The van der Waals surface area contributed by atoms with Crippen molar-refractivity contribution in [2.75, 3.05) is 7.11 Å². The summed E-state index contributed by atoms with van der Waals surface area (Å²) >= 11 is 3.52. The van der Waals surface area contributed by atoms with Gasteiger partial charge in [-0.2, -0.15) is 5.10 Å². The number of imidazole rings is 1. The van der Waals surface area contributed by atoms with E-state index in [4.69, 9.17) is 14.2 Å². The summed E-state index contributed by atoms with van der Waals surface area (Å²) in [4.78, 5) is 32.3. The summed E-state index contributed by atoms with van der Waals surface area (Å²) in [6.07, 6.45) is 3.97. The van der Waals surface area contributed by atoms with E-state index in [0.29, 0.717) is 33.8 Å². The summed E-state index contributed by atoms with van der Waals surface area (Å²) in [7, 11) is 1.54. The Kier molecular flexibility index (Phi) is 10.3. The molecule has 11 heteroatoms. The lowest BCUT2D eigenvalue weighted by atomic mass is 10.1. The van der Waals surface area contributed by atoms with Gasteiger partial charge in [-0.3, -0.25) is 4.79 Å². The average Bonchev–Trinajstić information content (AvgIpc) is 3.49. The van der Waals surface area contributed by atoms with Gasteiger partial charge in [0.15, 0.2) is 11.5 Å². The molecule has 0 radical (unpaired) electrons. The Hall–Kier alpha value is -4.64. The monoisotopic (exact) mass is 605 g/mol. The predicted octanol–water partition coefficient (Wildman–Crippen LogP) is 4.75. The van der Waals surface area contributed by atoms with Crippen molar-refractivity contribution >= 4 is 34.1 Å². The Morgan fingerprint density at radius 1 is 1.05 bits per heavy atom. The number of alkyl carbamates (subject to hydrolysis) is 1. The number of carbonyl (C=O) groups is 2. The number of hydrogen-bond donors (Lipinski definition) is 3. The van der Waals surface area contributed by atoms with Gasteiger partial charge in [0.05, 0.1) is 24.1 Å². The first-order valence-corrected chi connectivity index (χ1v) is 13.1. The van der Waals surface area contributed by atoms with Gasteiger partial charge in [0.25, 0.3) is 5.91 Å². The van der Waals surface area contributed by atoms with Crippen LogP contribution >= 0.6 is 15.9 Å². The van der Waals surface area contributed by atoms with Gasteiger partial charge in [-0.15, -0.1) is 0 Å². The molecule has 1 atom stereocenters. The van der Waals surface area contributed by atoms with Crippen molar-refractivity contribution in [2.24, 2.45) is 5.10 Å². The number of ether oxygens (including phenoxy) is 3. The first kappa shape index (κ1) is 28.4. The Morgan fingerprint density at radius 2 is 1.75 bits per heavy atom. The van der Waals surface area contributed by atoms with E-state index in [1.807, 2.05) is 60.7 Å². The lowest BCUT2D eigenvalue weighted by Crippen LogP contribution is -2.47. The summed E-state index contributed by atoms with van der Waals surface area (Å²) in [6.45, 7) is 0.447. The fourth-order valence-corrected chi connectivity index (χ4v) is 4.24. The number of nitrogens with zero attached hydrogens (tertiary/aromatic N) is 2. The zero-order valence-electron chi connectivity index (χ0n) is 21.7. The molecule has 1 aromatic heterocycles. The molecular weight excluding hydrogens is 578 g/mol. The Balaban J connectivity index is 1.38. The lowest BCUT2D eigenvalue weighted by molar-refractivity contribution is -0.123. The number of nitrogens with one attached hydrogen (secondary N) is 3. The summed E-state index contributed by atoms with van der Waals surface area (Å²) in [6, 6.07) is 21.6. The summed E-state index contributed by atoms with van der Waals surface area (Å²) < 4.78 is 17.4. The number of carbonyl (C=O) groups excluding carboxylic acids is 2. The van der Waals surface area contributed by atoms with Gasteiger partial charge in [-0.25, -0.2) is 15.2 Å². The molecular formula is C29H28BrN5O5. The molecule has 0 saturated heterocycles. The average molecular weight is 606 g/mol. The van der Waals surface area contributed by atoms with Gasteiger partial charge >= 0.3 is 6.09 Å². The van der Waals surface area contributed by atoms with Crippen LogP contribution in [0, 0.1) is 0 Å². The largest absolute Gasteiger partial charge is 0.493 e. The third-order valence-corrected chi connectivity index (χ3v) is 6.26. The quantitative estimate of drug-likeness (QED) is 0.158. The van der Waals surface area contributed by atoms with Crippen LogP contribution in [0.2, 0.25) is 0 Å². The zero-order valence-corrected chi connectivity index (χ0v) is 23.3. The summed E-state index contributed by atoms with van der Waals surface area (Å²) in [5, 5.41) is 6.67. The van der Waals surface area contributed by atoms with Gasteiger partial charge < -0.3 is 24.5 Å². The third kappa shape index (κ3) is 8.43. The molecule has 0 saturated carbocycles. The number of halogens is 1. The van der Waals surface area contributed by atoms with E-state index in [0.717, 1.165) is 11.1 Å². The highest BCUT2D eigenvalue weighted by Gasteiger charge is 2.22. The smallest absolute Gasteiger partial charge is 0.408 e. The summed E-state index contributed by atoms with van der Waals surface area (Å²) in [5.41, 5.74) is 5.64. The molecule has 40 heavy (non-hydrogen) atoms. The molecule has 0 fully saturated rings. The van der Waals surface area contributed by atoms with Crippen LogP contribution in [0.25, 0.3) is 0 Å². The van der Waals surface area contributed by atoms with Crippen LogP contribution in [-0.4, -0.2) is 41.3 Å². The number of H-pyrrole nitrogens is 1. The van der Waals surface area contributed by atoms with Gasteiger partial charge in [0.2, 0.25) is 0 Å². The Labute approximate surface area is 239 Å². The second kappa shape index (κ2) is 14.5. The highest BCUT2D eigenvalue weighted by molar-refractivity contribution is 9.10. The van der Waals surface area contributed by atoms with Gasteiger partial charge in [0, 0.05) is 18.3 Å². The highest BCUT2D eigenvalue weighted by atomic mass is 79.9. The van der Waals surface area contributed by atoms with E-state index in [1.54, 1.807) is 25.4 Å². The van der Waals surface area contributed by atoms with Crippen LogP contribution in [0.1, 0.15) is 22.4 Å². The second-order valence-corrected chi connectivity index (χ2v) is 9.44. The van der Waals surface area contributed by atoms with Crippen LogP contribution in [0.5, 0.6) is 11.5 Å². The fourth-order valence-electron chi connectivity index (χ4n) is 3.67. The molecule has 0 aliphatic heterocycles. The van der Waals surface area contributed by atoms with Crippen molar-refractivity contribution in [1.82, 2.24) is 20.7 Å². The molecule has 3 N–H and O–H groups in total. The second-order valence-electron chi connectivity index (χ2n) is 8.58. The molecule has 0 aliphatic rings. The van der Waals surface area contributed by atoms with E-state index in [1.165, 1.54) is 12.5 Å². The van der Waals surface area contributed by atoms with Gasteiger partial charge in [-0.1, -0.05) is 60.7 Å². The number of methoxy groups -OCH3 is 1. The van der Waals surface area contributed by atoms with Crippen LogP contribution in [0.15, 0.2) is 94.9 Å². The van der Waals surface area contributed by atoms with Crippen LogP contribution in [0.3, 0.4) is 0 Å². The molecule has 0 unspecified atom stereocenters. The predicted molar refractivity (Wildman–Crippen MR) is 153 cm³/mol. The maximum atomic E-state index is 13.0. The molecule has 0 spiro atoms. The lowest BCUT2D eigenvalue weighted by Gasteiger charge is -2.16. The fraction of sp³-hybridized carbons (Fsp3) is 0.172. The highest BCUT2D eigenvalue weighted by Crippen LogP contribution is 2.36. The molecule has 3 aromatic carbocycles. The zero-order chi connectivity index (χ0) is 28.2. The summed E-state index contributed by atoms with van der Waals surface area (Å²) in [5.74, 6) is 0.514. The number of benzene rings is 3. The van der Waals surface area contributed by atoms with Crippen LogP contribution < -0.4 is 20.2 Å². The molecule has 206 valence electrons. The maximum absolute atomic E-state index is 13.0. The molecule has 0 bridgehead atoms. The number of aromatic amines is 1. The minimum atomic E-state index is -0.962. The minimum absolute atomic E-state index is 0.0744. The molecule has 10 nitrogen and oxygen atoms in total. The van der Waals surface area contributed by atoms with E-state index >= 15 is 0 Å². The van der Waals surface area contributed by atoms with Crippen molar-refractivity contribution in [3.05, 3.63) is 112 Å². The van der Waals surface area contributed by atoms with Crippen molar-refractivity contribution in [1.29, 1.82) is 0 Å². The first-order valence-electron chi connectivity index (χ1n) is 12.3. The van der Waals surface area contributed by atoms with Crippen molar-refractivity contribution in [3.8, 4) is 11.5 Å². The first-order chi connectivity index (χ1) is 19.5. The van der Waals surface area contributed by atoms with E-state index in [-0.39, 0.29) is 13.0 Å². The number of amides is 2. The molecule has 1 heterocycles. The normalized spacial score (nSPS) is 11.6. The Bertz CT molecular complexity index is 1420. The standard InChI is InChI=1S/C29H28BrN5O5/c1-38-26-13-22(12-24(30)27(26)39-17-20-8-4-2-5-9-20)15-33-35-28(36)25(14-23-16-31-19-32-23)34-29(37)40-18-21-10-6-3-7-11-21/h2-13,15-16,19,25H,14,17-18H2,1H3,(H,31,32)(H,34,37)(H,35,36)/b33-15-/t25-/m1/s1. The van der Waals surface area contributed by atoms with Gasteiger partial charge in [-0.05, 0) is 44.8 Å². The number of hydrazone groups is 1. The van der Waals surface area contributed by atoms with E-state index in [2.05, 4.69) is 41.7 Å². The van der Waals surface area contributed by atoms with E-state index in [9.17, 15) is 9.59 Å². The molecule has 2 amide bonds. The third-order valence-electron chi connectivity index (χ3n) is 5.67. The number of rotatable bonds is 12. The van der Waals surface area contributed by atoms with E-state index < -0.39 is 18.0 Å². The van der Waals surface area contributed by atoms with Crippen molar-refractivity contribution in [2.45, 2.75) is 25.7 Å². The minimum Gasteiger partial charge on any atom is -0.493 e.